The first-order chi connectivity index (χ1) is 9.67. The van der Waals surface area contributed by atoms with Crippen LogP contribution in [0.3, 0.4) is 0 Å². The predicted molar refractivity (Wildman–Crippen MR) is 75.1 cm³/mol. The molecule has 1 atom stereocenters. The summed E-state index contributed by atoms with van der Waals surface area (Å²) in [6.45, 7) is 0.107. The molecule has 1 heterocycles. The molecule has 0 saturated heterocycles. The molecule has 0 amide bonds. The molecule has 0 aliphatic heterocycles. The third kappa shape index (κ3) is 2.87. The van der Waals surface area contributed by atoms with Gasteiger partial charge in [0, 0.05) is 18.7 Å². The summed E-state index contributed by atoms with van der Waals surface area (Å²) in [5.41, 5.74) is 1.20. The summed E-state index contributed by atoms with van der Waals surface area (Å²) < 4.78 is 4.99. The summed E-state index contributed by atoms with van der Waals surface area (Å²) in [6.07, 6.45) is 1.31. The first kappa shape index (κ1) is 14.2. The molecule has 0 aliphatic rings. The number of carbonyl (C=O) groups is 1. The Balaban J connectivity index is 2.51. The zero-order valence-corrected chi connectivity index (χ0v) is 11.0. The van der Waals surface area contributed by atoms with Gasteiger partial charge in [-0.05, 0) is 6.07 Å². The molecule has 1 unspecified atom stereocenters. The Bertz CT molecular complexity index is 615. The number of ether oxygens (including phenoxy) is 1. The summed E-state index contributed by atoms with van der Waals surface area (Å²) in [4.78, 5) is 15.4. The lowest BCUT2D eigenvalue weighted by molar-refractivity contribution is 0.0697. The summed E-state index contributed by atoms with van der Waals surface area (Å²) in [6, 6.07) is 6.85. The van der Waals surface area contributed by atoms with Gasteiger partial charge >= 0.3 is 5.97 Å². The number of aromatic carboxylic acids is 1. The highest BCUT2D eigenvalue weighted by molar-refractivity contribution is 6.04. The first-order valence-electron chi connectivity index (χ1n) is 6.14. The van der Waals surface area contributed by atoms with Crippen molar-refractivity contribution in [1.29, 1.82) is 0 Å². The fraction of sp³-hybridized carbons (Fsp3) is 0.286. The van der Waals surface area contributed by atoms with Crippen molar-refractivity contribution in [1.82, 2.24) is 4.98 Å². The van der Waals surface area contributed by atoms with Crippen molar-refractivity contribution in [2.45, 2.75) is 6.04 Å². The Morgan fingerprint density at radius 2 is 2.20 bits per heavy atom. The number of anilines is 1. The second-order valence-corrected chi connectivity index (χ2v) is 4.35. The van der Waals surface area contributed by atoms with Gasteiger partial charge in [-0.3, -0.25) is 4.98 Å². The fourth-order valence-electron chi connectivity index (χ4n) is 2.00. The molecule has 0 radical (unpaired) electrons. The quantitative estimate of drug-likeness (QED) is 0.737. The molecular weight excluding hydrogens is 260 g/mol. The zero-order chi connectivity index (χ0) is 14.5. The average molecular weight is 276 g/mol. The molecule has 6 nitrogen and oxygen atoms in total. The lowest BCUT2D eigenvalue weighted by Crippen LogP contribution is -2.29. The monoisotopic (exact) mass is 276 g/mol. The van der Waals surface area contributed by atoms with E-state index >= 15 is 0 Å². The van der Waals surface area contributed by atoms with Gasteiger partial charge in [-0.1, -0.05) is 18.2 Å². The van der Waals surface area contributed by atoms with E-state index in [9.17, 15) is 15.0 Å². The maximum Gasteiger partial charge on any atom is 0.339 e. The largest absolute Gasteiger partial charge is 0.478 e. The van der Waals surface area contributed by atoms with E-state index in [4.69, 9.17) is 4.74 Å². The third-order valence-corrected chi connectivity index (χ3v) is 2.94. The number of rotatable bonds is 6. The molecule has 0 fully saturated rings. The van der Waals surface area contributed by atoms with Gasteiger partial charge in [0.2, 0.25) is 0 Å². The molecule has 3 N–H and O–H groups in total. The maximum absolute atomic E-state index is 11.3. The van der Waals surface area contributed by atoms with E-state index in [-0.39, 0.29) is 24.8 Å². The number of aromatic nitrogens is 1. The van der Waals surface area contributed by atoms with Gasteiger partial charge in [-0.15, -0.1) is 0 Å². The molecule has 0 bridgehead atoms. The molecule has 106 valence electrons. The van der Waals surface area contributed by atoms with Crippen LogP contribution in [0.5, 0.6) is 0 Å². The van der Waals surface area contributed by atoms with Crippen LogP contribution < -0.4 is 5.32 Å². The number of methoxy groups -OCH3 is 1. The fourth-order valence-corrected chi connectivity index (χ4v) is 2.00. The van der Waals surface area contributed by atoms with Gasteiger partial charge < -0.3 is 20.3 Å². The lowest BCUT2D eigenvalue weighted by Gasteiger charge is -2.19. The molecule has 1 aromatic heterocycles. The number of aliphatic hydroxyl groups is 1. The maximum atomic E-state index is 11.3. The van der Waals surface area contributed by atoms with Gasteiger partial charge in [-0.25, -0.2) is 4.79 Å². The number of hydrogen-bond donors (Lipinski definition) is 3. The highest BCUT2D eigenvalue weighted by Gasteiger charge is 2.17. The number of carboxylic acid groups (broad SMARTS) is 1. The minimum absolute atomic E-state index is 0.0678. The van der Waals surface area contributed by atoms with Crippen molar-refractivity contribution in [2.75, 3.05) is 25.6 Å². The van der Waals surface area contributed by atoms with Crippen molar-refractivity contribution in [3.63, 3.8) is 0 Å². The number of carboxylic acids is 1. The van der Waals surface area contributed by atoms with Crippen LogP contribution in [0, 0.1) is 0 Å². The molecule has 1 aromatic carbocycles. The molecule has 0 spiro atoms. The van der Waals surface area contributed by atoms with Gasteiger partial charge in [0.15, 0.2) is 0 Å². The Labute approximate surface area is 116 Å². The van der Waals surface area contributed by atoms with Crippen molar-refractivity contribution in [3.05, 3.63) is 36.0 Å². The number of nitrogens with one attached hydrogen (secondary N) is 1. The number of benzene rings is 1. The number of para-hydroxylation sites is 1. The Kier molecular flexibility index (Phi) is 4.49. The summed E-state index contributed by atoms with van der Waals surface area (Å²) >= 11 is 0. The van der Waals surface area contributed by atoms with Crippen LogP contribution in [0.25, 0.3) is 10.9 Å². The standard InChI is InChI=1S/C14H16N2O4/c1-20-8-9(7-17)16-13-10-4-2-3-5-12(10)15-6-11(13)14(18)19/h2-6,9,17H,7-8H2,1H3,(H,15,16)(H,18,19). The summed E-state index contributed by atoms with van der Waals surface area (Å²) in [5.74, 6) is -1.07. The summed E-state index contributed by atoms with van der Waals surface area (Å²) in [5, 5.41) is 22.3. The van der Waals surface area contributed by atoms with E-state index in [0.717, 1.165) is 0 Å². The Morgan fingerprint density at radius 1 is 1.45 bits per heavy atom. The van der Waals surface area contributed by atoms with Crippen LogP contribution >= 0.6 is 0 Å². The molecule has 2 aromatic rings. The number of pyridine rings is 1. The van der Waals surface area contributed by atoms with E-state index in [1.165, 1.54) is 13.3 Å². The van der Waals surface area contributed by atoms with Crippen LogP contribution in [0.2, 0.25) is 0 Å². The highest BCUT2D eigenvalue weighted by atomic mass is 16.5. The van der Waals surface area contributed by atoms with Gasteiger partial charge in [-0.2, -0.15) is 0 Å². The average Bonchev–Trinajstić information content (AvgIpc) is 2.46. The molecule has 0 aliphatic carbocycles. The highest BCUT2D eigenvalue weighted by Crippen LogP contribution is 2.26. The van der Waals surface area contributed by atoms with Crippen molar-refractivity contribution in [2.24, 2.45) is 0 Å². The van der Waals surface area contributed by atoms with Crippen molar-refractivity contribution in [3.8, 4) is 0 Å². The van der Waals surface area contributed by atoms with E-state index in [2.05, 4.69) is 10.3 Å². The normalized spacial score (nSPS) is 12.3. The minimum Gasteiger partial charge on any atom is -0.478 e. The van der Waals surface area contributed by atoms with E-state index < -0.39 is 5.97 Å². The number of hydrogen-bond acceptors (Lipinski definition) is 5. The van der Waals surface area contributed by atoms with E-state index in [0.29, 0.717) is 16.6 Å². The van der Waals surface area contributed by atoms with Crippen LogP contribution in [-0.2, 0) is 4.74 Å². The van der Waals surface area contributed by atoms with Crippen molar-refractivity contribution >= 4 is 22.6 Å². The second kappa shape index (κ2) is 6.31. The Hall–Kier alpha value is -2.18. The van der Waals surface area contributed by atoms with Gasteiger partial charge in [0.05, 0.1) is 30.5 Å². The third-order valence-electron chi connectivity index (χ3n) is 2.94. The number of fused-ring (bicyclic) bond motifs is 1. The van der Waals surface area contributed by atoms with Crippen LogP contribution in [0.1, 0.15) is 10.4 Å². The van der Waals surface area contributed by atoms with Crippen LogP contribution in [-0.4, -0.2) is 47.5 Å². The number of aliphatic hydroxyl groups excluding tert-OH is 1. The van der Waals surface area contributed by atoms with Crippen LogP contribution in [0.15, 0.2) is 30.5 Å². The number of nitrogens with zero attached hydrogens (tertiary/aromatic N) is 1. The lowest BCUT2D eigenvalue weighted by atomic mass is 10.1. The van der Waals surface area contributed by atoms with E-state index in [1.54, 1.807) is 12.1 Å². The molecule has 2 rings (SSSR count). The molecule has 6 heteroatoms. The SMILES string of the molecule is COCC(CO)Nc1c(C(=O)O)cnc2ccccc12. The summed E-state index contributed by atoms with van der Waals surface area (Å²) in [7, 11) is 1.52. The molecular formula is C14H16N2O4. The first-order valence-corrected chi connectivity index (χ1v) is 6.14. The van der Waals surface area contributed by atoms with Gasteiger partial charge in [0.25, 0.3) is 0 Å². The molecule has 20 heavy (non-hydrogen) atoms. The second-order valence-electron chi connectivity index (χ2n) is 4.35. The zero-order valence-electron chi connectivity index (χ0n) is 11.0. The van der Waals surface area contributed by atoms with Gasteiger partial charge in [0.1, 0.15) is 5.56 Å². The van der Waals surface area contributed by atoms with E-state index in [1.807, 2.05) is 12.1 Å². The molecule has 0 saturated carbocycles. The predicted octanol–water partition coefficient (Wildman–Crippen LogP) is 1.35. The topological polar surface area (TPSA) is 91.7 Å². The van der Waals surface area contributed by atoms with Crippen molar-refractivity contribution < 1.29 is 19.7 Å². The minimum atomic E-state index is -1.07. The Morgan fingerprint density at radius 3 is 2.85 bits per heavy atom. The van der Waals surface area contributed by atoms with Crippen LogP contribution in [0.4, 0.5) is 5.69 Å². The smallest absolute Gasteiger partial charge is 0.339 e.